The number of H-pyrrole nitrogens is 1. The summed E-state index contributed by atoms with van der Waals surface area (Å²) >= 11 is 1.68. The van der Waals surface area contributed by atoms with Gasteiger partial charge in [0.25, 0.3) is 0 Å². The molecule has 1 amide bonds. The Balaban J connectivity index is 1.20. The van der Waals surface area contributed by atoms with Gasteiger partial charge in [-0.3, -0.25) is 9.89 Å². The monoisotopic (exact) mass is 476 g/mol. The van der Waals surface area contributed by atoms with Gasteiger partial charge in [0.15, 0.2) is 0 Å². The third kappa shape index (κ3) is 3.08. The molecule has 1 aliphatic carbocycles. The Morgan fingerprint density at radius 2 is 2.29 bits per heavy atom. The number of carbonyl (C=O) groups excluding carboxylic acids is 1. The van der Waals surface area contributed by atoms with Crippen LogP contribution in [-0.2, 0) is 22.4 Å². The minimum Gasteiger partial charge on any atom is -0.494 e. The van der Waals surface area contributed by atoms with Crippen LogP contribution < -0.4 is 10.1 Å². The lowest BCUT2D eigenvalue weighted by Gasteiger charge is -2.32. The van der Waals surface area contributed by atoms with E-state index in [1.807, 2.05) is 12.1 Å². The van der Waals surface area contributed by atoms with Crippen molar-refractivity contribution in [2.24, 2.45) is 5.92 Å². The van der Waals surface area contributed by atoms with Crippen molar-refractivity contribution >= 4 is 49.9 Å². The van der Waals surface area contributed by atoms with Crippen molar-refractivity contribution < 1.29 is 14.3 Å². The SMILES string of the molecule is COc1cc2[nH]ncc2cc1Nc1ncnc2sc3c(c12)CCC(C(=O)N1CC2CC1CO2)C3. The number of benzene rings is 1. The Labute approximate surface area is 199 Å². The molecule has 174 valence electrons. The van der Waals surface area contributed by atoms with Crippen molar-refractivity contribution in [3.8, 4) is 5.75 Å². The minimum atomic E-state index is 0.0351. The van der Waals surface area contributed by atoms with E-state index in [1.54, 1.807) is 31.0 Å². The van der Waals surface area contributed by atoms with Gasteiger partial charge in [-0.05, 0) is 37.3 Å². The number of ether oxygens (including phenoxy) is 2. The van der Waals surface area contributed by atoms with Crippen LogP contribution >= 0.6 is 11.3 Å². The zero-order valence-corrected chi connectivity index (χ0v) is 19.5. The van der Waals surface area contributed by atoms with E-state index >= 15 is 0 Å². The van der Waals surface area contributed by atoms with Crippen molar-refractivity contribution in [3.05, 3.63) is 35.1 Å². The Bertz CT molecular complexity index is 1430. The molecule has 0 saturated carbocycles. The van der Waals surface area contributed by atoms with E-state index in [2.05, 4.69) is 30.4 Å². The van der Waals surface area contributed by atoms with Crippen molar-refractivity contribution in [1.29, 1.82) is 0 Å². The van der Waals surface area contributed by atoms with Gasteiger partial charge in [-0.15, -0.1) is 11.3 Å². The molecule has 3 aromatic heterocycles. The lowest BCUT2D eigenvalue weighted by Crippen LogP contribution is -2.45. The molecule has 2 saturated heterocycles. The number of anilines is 2. The highest BCUT2D eigenvalue weighted by molar-refractivity contribution is 7.19. The highest BCUT2D eigenvalue weighted by Gasteiger charge is 2.43. The van der Waals surface area contributed by atoms with Gasteiger partial charge in [0.05, 0.1) is 48.6 Å². The number of aromatic amines is 1. The van der Waals surface area contributed by atoms with Gasteiger partial charge in [-0.2, -0.15) is 5.10 Å². The van der Waals surface area contributed by atoms with Crippen molar-refractivity contribution in [2.75, 3.05) is 25.6 Å². The van der Waals surface area contributed by atoms with E-state index in [9.17, 15) is 4.79 Å². The summed E-state index contributed by atoms with van der Waals surface area (Å²) in [5.74, 6) is 1.80. The van der Waals surface area contributed by atoms with Gasteiger partial charge in [0.2, 0.25) is 5.91 Å². The van der Waals surface area contributed by atoms with Gasteiger partial charge in [-0.1, -0.05) is 0 Å². The predicted molar refractivity (Wildman–Crippen MR) is 129 cm³/mol. The van der Waals surface area contributed by atoms with E-state index < -0.39 is 0 Å². The summed E-state index contributed by atoms with van der Waals surface area (Å²) in [7, 11) is 1.65. The molecule has 0 spiro atoms. The van der Waals surface area contributed by atoms with E-state index in [4.69, 9.17) is 9.47 Å². The van der Waals surface area contributed by atoms with Crippen LogP contribution in [0.25, 0.3) is 21.1 Å². The Kier molecular flexibility index (Phi) is 4.53. The summed E-state index contributed by atoms with van der Waals surface area (Å²) in [5.41, 5.74) is 3.00. The Hall–Kier alpha value is -3.24. The van der Waals surface area contributed by atoms with E-state index in [0.29, 0.717) is 18.3 Å². The number of fused-ring (bicyclic) bond motifs is 6. The summed E-state index contributed by atoms with van der Waals surface area (Å²) in [4.78, 5) is 26.7. The number of morpholine rings is 1. The third-order valence-corrected chi connectivity index (χ3v) is 8.55. The molecule has 2 fully saturated rings. The maximum atomic E-state index is 13.3. The topological polar surface area (TPSA) is 105 Å². The van der Waals surface area contributed by atoms with Gasteiger partial charge >= 0.3 is 0 Å². The van der Waals surface area contributed by atoms with Crippen LogP contribution in [-0.4, -0.2) is 63.4 Å². The number of aryl methyl sites for hydroxylation is 1. The number of thiophene rings is 1. The molecule has 2 aliphatic heterocycles. The number of carbonyl (C=O) groups is 1. The standard InChI is InChI=1S/C24H24N6O3S/c1-32-19-7-17-13(8-27-29-17)4-18(19)28-22-21-16-3-2-12(5-20(16)34-23(21)26-11-25-22)24(31)30-9-15-6-14(30)10-33-15/h4,7-8,11-12,14-15H,2-3,5-6,9-10H2,1H3,(H,27,29)(H,25,26,28). The zero-order chi connectivity index (χ0) is 22.8. The second-order valence-corrected chi connectivity index (χ2v) is 10.4. The highest BCUT2D eigenvalue weighted by Crippen LogP contribution is 2.42. The van der Waals surface area contributed by atoms with Crippen LogP contribution in [0, 0.1) is 5.92 Å². The number of nitrogens with zero attached hydrogens (tertiary/aromatic N) is 4. The average molecular weight is 477 g/mol. The molecule has 3 atom stereocenters. The lowest BCUT2D eigenvalue weighted by atomic mass is 9.86. The first-order chi connectivity index (χ1) is 16.7. The van der Waals surface area contributed by atoms with Gasteiger partial charge in [0, 0.05) is 28.8 Å². The number of aromatic nitrogens is 4. The average Bonchev–Trinajstić information content (AvgIpc) is 3.65. The van der Waals surface area contributed by atoms with Crippen LogP contribution in [0.3, 0.4) is 0 Å². The summed E-state index contributed by atoms with van der Waals surface area (Å²) < 4.78 is 11.3. The molecule has 1 aromatic carbocycles. The number of nitrogens with one attached hydrogen (secondary N) is 2. The molecule has 34 heavy (non-hydrogen) atoms. The van der Waals surface area contributed by atoms with Crippen LogP contribution in [0.4, 0.5) is 11.5 Å². The molecular weight excluding hydrogens is 452 g/mol. The first kappa shape index (κ1) is 20.2. The van der Waals surface area contributed by atoms with Gasteiger partial charge in [0.1, 0.15) is 22.7 Å². The normalized spacial score (nSPS) is 23.6. The van der Waals surface area contributed by atoms with Gasteiger partial charge < -0.3 is 19.7 Å². The number of hydrogen-bond acceptors (Lipinski definition) is 8. The maximum Gasteiger partial charge on any atom is 0.226 e. The van der Waals surface area contributed by atoms with Crippen LogP contribution in [0.15, 0.2) is 24.7 Å². The van der Waals surface area contributed by atoms with Crippen molar-refractivity contribution in [2.45, 2.75) is 37.8 Å². The molecule has 10 heteroatoms. The second-order valence-electron chi connectivity index (χ2n) is 9.32. The minimum absolute atomic E-state index is 0.0351. The molecule has 3 aliphatic rings. The molecule has 5 heterocycles. The number of amides is 1. The number of hydrogen-bond donors (Lipinski definition) is 2. The molecule has 2 bridgehead atoms. The molecule has 4 aromatic rings. The van der Waals surface area contributed by atoms with Crippen LogP contribution in [0.5, 0.6) is 5.75 Å². The van der Waals surface area contributed by atoms with E-state index in [1.165, 1.54) is 10.4 Å². The molecule has 0 radical (unpaired) electrons. The lowest BCUT2D eigenvalue weighted by molar-refractivity contribution is -0.140. The number of methoxy groups -OCH3 is 1. The predicted octanol–water partition coefficient (Wildman–Crippen LogP) is 3.42. The molecular formula is C24H24N6O3S. The summed E-state index contributed by atoms with van der Waals surface area (Å²) in [6, 6.07) is 4.20. The van der Waals surface area contributed by atoms with Crippen LogP contribution in [0.1, 0.15) is 23.3 Å². The molecule has 7 rings (SSSR count). The Morgan fingerprint density at radius 3 is 3.12 bits per heavy atom. The fourth-order valence-corrected chi connectivity index (χ4v) is 6.95. The van der Waals surface area contributed by atoms with E-state index in [-0.39, 0.29) is 18.1 Å². The number of rotatable bonds is 4. The maximum absolute atomic E-state index is 13.3. The quantitative estimate of drug-likeness (QED) is 0.465. The highest BCUT2D eigenvalue weighted by atomic mass is 32.1. The first-order valence-corrected chi connectivity index (χ1v) is 12.4. The number of likely N-dealkylation sites (tertiary alicyclic amines) is 1. The molecule has 9 nitrogen and oxygen atoms in total. The Morgan fingerprint density at radius 1 is 1.35 bits per heavy atom. The van der Waals surface area contributed by atoms with Crippen molar-refractivity contribution in [3.63, 3.8) is 0 Å². The van der Waals surface area contributed by atoms with E-state index in [0.717, 1.165) is 64.9 Å². The van der Waals surface area contributed by atoms with Crippen molar-refractivity contribution in [1.82, 2.24) is 25.1 Å². The summed E-state index contributed by atoms with van der Waals surface area (Å²) in [6.45, 7) is 1.44. The van der Waals surface area contributed by atoms with Crippen LogP contribution in [0.2, 0.25) is 0 Å². The largest absolute Gasteiger partial charge is 0.494 e. The second kappa shape index (κ2) is 7.64. The third-order valence-electron chi connectivity index (χ3n) is 7.39. The first-order valence-electron chi connectivity index (χ1n) is 11.6. The molecule has 3 unspecified atom stereocenters. The van der Waals surface area contributed by atoms with Gasteiger partial charge in [-0.25, -0.2) is 9.97 Å². The summed E-state index contributed by atoms with van der Waals surface area (Å²) in [6.07, 6.45) is 7.09. The summed E-state index contributed by atoms with van der Waals surface area (Å²) in [5, 5.41) is 12.6. The zero-order valence-electron chi connectivity index (χ0n) is 18.7. The fourth-order valence-electron chi connectivity index (χ4n) is 5.69. The smallest absolute Gasteiger partial charge is 0.226 e. The molecule has 2 N–H and O–H groups in total. The fraction of sp³-hybridized carbons (Fsp3) is 0.417.